The number of nitrogens with one attached hydrogen (secondary N) is 1. The lowest BCUT2D eigenvalue weighted by atomic mass is 9.76. The molecule has 0 unspecified atom stereocenters. The Labute approximate surface area is 175 Å². The van der Waals surface area contributed by atoms with Gasteiger partial charge < -0.3 is 10.1 Å². The fraction of sp³-hybridized carbons (Fsp3) is 0.304. The summed E-state index contributed by atoms with van der Waals surface area (Å²) in [5.41, 5.74) is 4.14. The molecule has 1 aromatic heterocycles. The number of aryl methyl sites for hydroxylation is 1. The number of ketones is 1. The second-order valence-electron chi connectivity index (χ2n) is 8.33. The van der Waals surface area contributed by atoms with Gasteiger partial charge in [0.25, 0.3) is 0 Å². The maximum Gasteiger partial charge on any atom is 0.169 e. The number of carbonyl (C=O) groups excluding carboxylic acids is 1. The normalized spacial score (nSPS) is 15.1. The number of fused-ring (bicyclic) bond motifs is 1. The van der Waals surface area contributed by atoms with Gasteiger partial charge in [-0.2, -0.15) is 0 Å². The van der Waals surface area contributed by atoms with Gasteiger partial charge in [-0.3, -0.25) is 4.79 Å². The van der Waals surface area contributed by atoms with Crippen molar-refractivity contribution in [1.29, 1.82) is 0 Å². The van der Waals surface area contributed by atoms with Crippen molar-refractivity contribution in [1.82, 2.24) is 9.78 Å². The van der Waals surface area contributed by atoms with Crippen LogP contribution in [-0.2, 0) is 6.42 Å². The summed E-state index contributed by atoms with van der Waals surface area (Å²) in [6.07, 6.45) is 1.25. The van der Waals surface area contributed by atoms with Crippen LogP contribution in [0, 0.1) is 12.3 Å². The van der Waals surface area contributed by atoms with Crippen molar-refractivity contribution in [2.75, 3.05) is 12.4 Å². The number of anilines is 2. The third-order valence-corrected chi connectivity index (χ3v) is 5.55. The Morgan fingerprint density at radius 1 is 1.14 bits per heavy atom. The summed E-state index contributed by atoms with van der Waals surface area (Å²) in [5.74, 6) is 1.42. The van der Waals surface area contributed by atoms with Crippen LogP contribution in [0.3, 0.4) is 0 Å². The lowest BCUT2D eigenvalue weighted by molar-refractivity contribution is 0.0912. The Morgan fingerprint density at radius 3 is 2.52 bits per heavy atom. The number of hydrogen-bond donors (Lipinski definition) is 1. The molecule has 5 nitrogen and oxygen atoms in total. The van der Waals surface area contributed by atoms with E-state index in [1.165, 1.54) is 0 Å². The molecule has 4 rings (SSSR count). The van der Waals surface area contributed by atoms with Crippen molar-refractivity contribution in [3.05, 3.63) is 64.3 Å². The third-order valence-electron chi connectivity index (χ3n) is 5.24. The average molecular weight is 410 g/mol. The van der Waals surface area contributed by atoms with Gasteiger partial charge >= 0.3 is 0 Å². The Hall–Kier alpha value is -2.79. The molecular weight excluding hydrogens is 386 g/mol. The number of halogens is 1. The minimum atomic E-state index is -0.118. The number of carbonyl (C=O) groups is 1. The molecule has 29 heavy (non-hydrogen) atoms. The Kier molecular flexibility index (Phi) is 4.87. The molecule has 6 heteroatoms. The first-order valence-electron chi connectivity index (χ1n) is 9.60. The van der Waals surface area contributed by atoms with E-state index in [0.29, 0.717) is 22.8 Å². The fourth-order valence-corrected chi connectivity index (χ4v) is 4.10. The molecule has 0 aliphatic heterocycles. The number of aromatic nitrogens is 2. The topological polar surface area (TPSA) is 56.1 Å². The summed E-state index contributed by atoms with van der Waals surface area (Å²) in [6, 6.07) is 13.5. The lowest BCUT2D eigenvalue weighted by Crippen LogP contribution is -2.28. The van der Waals surface area contributed by atoms with E-state index in [2.05, 4.69) is 19.2 Å². The monoisotopic (exact) mass is 409 g/mol. The minimum absolute atomic E-state index is 0.0988. The van der Waals surface area contributed by atoms with Gasteiger partial charge in [0.15, 0.2) is 11.6 Å². The van der Waals surface area contributed by atoms with Gasteiger partial charge in [-0.1, -0.05) is 31.5 Å². The summed E-state index contributed by atoms with van der Waals surface area (Å²) in [4.78, 5) is 13.0. The van der Waals surface area contributed by atoms with Gasteiger partial charge in [-0.05, 0) is 60.7 Å². The molecule has 1 heterocycles. The van der Waals surface area contributed by atoms with Gasteiger partial charge in [0.1, 0.15) is 5.75 Å². The molecule has 0 bridgehead atoms. The molecule has 0 amide bonds. The second kappa shape index (κ2) is 7.23. The second-order valence-corrected chi connectivity index (χ2v) is 8.74. The molecule has 0 saturated heterocycles. The Balaban J connectivity index is 1.83. The highest BCUT2D eigenvalue weighted by Gasteiger charge is 2.37. The van der Waals surface area contributed by atoms with Crippen molar-refractivity contribution in [2.45, 2.75) is 33.6 Å². The molecule has 2 aromatic carbocycles. The first-order chi connectivity index (χ1) is 13.8. The van der Waals surface area contributed by atoms with Crippen LogP contribution in [0.25, 0.3) is 5.69 Å². The highest BCUT2D eigenvalue weighted by molar-refractivity contribution is 6.33. The standard InChI is InChI=1S/C23H24ClN3O2/c1-14-5-10-18(17(24)11-14)25-22-21-19(12-23(2,3)13-20(21)28)27(26-22)15-6-8-16(29-4)9-7-15/h5-11H,12-13H2,1-4H3,(H,25,26). The van der Waals surface area contributed by atoms with Crippen molar-refractivity contribution in [2.24, 2.45) is 5.41 Å². The van der Waals surface area contributed by atoms with E-state index in [-0.39, 0.29) is 11.2 Å². The van der Waals surface area contributed by atoms with Gasteiger partial charge in [0, 0.05) is 6.42 Å². The highest BCUT2D eigenvalue weighted by Crippen LogP contribution is 2.40. The van der Waals surface area contributed by atoms with Gasteiger partial charge in [-0.25, -0.2) is 4.68 Å². The van der Waals surface area contributed by atoms with Crippen LogP contribution in [-0.4, -0.2) is 22.7 Å². The van der Waals surface area contributed by atoms with Crippen LogP contribution in [0.15, 0.2) is 42.5 Å². The molecule has 1 N–H and O–H groups in total. The van der Waals surface area contributed by atoms with Gasteiger partial charge in [0.2, 0.25) is 0 Å². The number of Topliss-reactive ketones (excluding diaryl/α,β-unsaturated/α-hetero) is 1. The number of hydrogen-bond acceptors (Lipinski definition) is 4. The zero-order chi connectivity index (χ0) is 20.8. The molecule has 0 fully saturated rings. The van der Waals surface area contributed by atoms with Crippen LogP contribution >= 0.6 is 11.6 Å². The van der Waals surface area contributed by atoms with Crippen LogP contribution in [0.5, 0.6) is 5.75 Å². The number of ether oxygens (including phenoxy) is 1. The zero-order valence-electron chi connectivity index (χ0n) is 17.0. The predicted molar refractivity (Wildman–Crippen MR) is 116 cm³/mol. The molecule has 0 saturated carbocycles. The minimum Gasteiger partial charge on any atom is -0.497 e. The molecule has 1 aliphatic carbocycles. The van der Waals surface area contributed by atoms with E-state index in [9.17, 15) is 4.79 Å². The Morgan fingerprint density at radius 2 is 1.86 bits per heavy atom. The van der Waals surface area contributed by atoms with Gasteiger partial charge in [-0.15, -0.1) is 5.10 Å². The summed E-state index contributed by atoms with van der Waals surface area (Å²) in [5, 5.41) is 8.66. The quantitative estimate of drug-likeness (QED) is 0.596. The fourth-order valence-electron chi connectivity index (χ4n) is 3.82. The number of benzene rings is 2. The summed E-state index contributed by atoms with van der Waals surface area (Å²) >= 11 is 6.41. The first-order valence-corrected chi connectivity index (χ1v) is 9.98. The smallest absolute Gasteiger partial charge is 0.169 e. The summed E-state index contributed by atoms with van der Waals surface area (Å²) in [7, 11) is 1.64. The first kappa shape index (κ1) is 19.5. The lowest BCUT2D eigenvalue weighted by Gasteiger charge is -2.29. The number of nitrogens with zero attached hydrogens (tertiary/aromatic N) is 2. The van der Waals surface area contributed by atoms with Crippen LogP contribution in [0.2, 0.25) is 5.02 Å². The Bertz CT molecular complexity index is 1080. The highest BCUT2D eigenvalue weighted by atomic mass is 35.5. The van der Waals surface area contributed by atoms with E-state index in [0.717, 1.165) is 34.8 Å². The maximum absolute atomic E-state index is 13.0. The summed E-state index contributed by atoms with van der Waals surface area (Å²) in [6.45, 7) is 6.22. The van der Waals surface area contributed by atoms with E-state index < -0.39 is 0 Å². The maximum atomic E-state index is 13.0. The van der Waals surface area contributed by atoms with Crippen LogP contribution < -0.4 is 10.1 Å². The van der Waals surface area contributed by atoms with E-state index in [4.69, 9.17) is 21.4 Å². The van der Waals surface area contributed by atoms with Gasteiger partial charge in [0.05, 0.1) is 34.8 Å². The van der Waals surface area contributed by atoms with E-state index >= 15 is 0 Å². The molecular formula is C23H24ClN3O2. The van der Waals surface area contributed by atoms with Crippen LogP contribution in [0.1, 0.15) is 41.9 Å². The molecule has 3 aromatic rings. The van der Waals surface area contributed by atoms with E-state index in [1.807, 2.05) is 54.1 Å². The molecule has 0 atom stereocenters. The van der Waals surface area contributed by atoms with Crippen molar-refractivity contribution < 1.29 is 9.53 Å². The molecule has 0 spiro atoms. The average Bonchev–Trinajstić information content (AvgIpc) is 3.01. The van der Waals surface area contributed by atoms with Crippen molar-refractivity contribution in [3.63, 3.8) is 0 Å². The SMILES string of the molecule is COc1ccc(-n2nc(Nc3ccc(C)cc3Cl)c3c2CC(C)(C)CC3=O)cc1. The van der Waals surface area contributed by atoms with Crippen molar-refractivity contribution >= 4 is 28.9 Å². The summed E-state index contributed by atoms with van der Waals surface area (Å²) < 4.78 is 7.12. The zero-order valence-corrected chi connectivity index (χ0v) is 17.8. The van der Waals surface area contributed by atoms with Crippen LogP contribution in [0.4, 0.5) is 11.5 Å². The largest absolute Gasteiger partial charge is 0.497 e. The number of methoxy groups -OCH3 is 1. The van der Waals surface area contributed by atoms with Crippen molar-refractivity contribution in [3.8, 4) is 11.4 Å². The molecule has 0 radical (unpaired) electrons. The number of rotatable bonds is 4. The predicted octanol–water partition coefficient (Wildman–Crippen LogP) is 5.74. The molecule has 1 aliphatic rings. The third kappa shape index (κ3) is 3.75. The van der Waals surface area contributed by atoms with E-state index in [1.54, 1.807) is 7.11 Å². The molecule has 150 valence electrons.